The number of carbonyl (C=O) groups excluding carboxylic acids is 1. The van der Waals surface area contributed by atoms with Crippen LogP contribution in [0.2, 0.25) is 0 Å². The van der Waals surface area contributed by atoms with Gasteiger partial charge >= 0.3 is 0 Å². The molecule has 0 aliphatic rings. The van der Waals surface area contributed by atoms with Crippen LogP contribution in [0.1, 0.15) is 22.8 Å². The van der Waals surface area contributed by atoms with Gasteiger partial charge in [-0.15, -0.1) is 0 Å². The molecule has 0 heterocycles. The molecule has 5 nitrogen and oxygen atoms in total. The maximum atomic E-state index is 12.0. The summed E-state index contributed by atoms with van der Waals surface area (Å²) in [7, 11) is 1.56. The second-order valence-electron chi connectivity index (χ2n) is 4.40. The molecule has 22 heavy (non-hydrogen) atoms. The predicted octanol–water partition coefficient (Wildman–Crippen LogP) is 2.86. The van der Waals surface area contributed by atoms with Crippen LogP contribution in [0, 0.1) is 0 Å². The maximum absolute atomic E-state index is 12.0. The molecule has 0 spiro atoms. The predicted molar refractivity (Wildman–Crippen MR) is 85.7 cm³/mol. The summed E-state index contributed by atoms with van der Waals surface area (Å²) in [6.45, 7) is 2.49. The molecular weight excluding hydrogens is 280 g/mol. The topological polar surface area (TPSA) is 59.9 Å². The summed E-state index contributed by atoms with van der Waals surface area (Å²) in [5.41, 5.74) is 3.77. The number of carbonyl (C=O) groups is 1. The Morgan fingerprint density at radius 1 is 1.23 bits per heavy atom. The molecule has 114 valence electrons. The van der Waals surface area contributed by atoms with E-state index in [4.69, 9.17) is 9.47 Å². The summed E-state index contributed by atoms with van der Waals surface area (Å²) >= 11 is 0. The number of hydrogen-bond acceptors (Lipinski definition) is 4. The Morgan fingerprint density at radius 3 is 2.82 bits per heavy atom. The number of hydrazone groups is 1. The van der Waals surface area contributed by atoms with Crippen LogP contribution in [0.4, 0.5) is 0 Å². The van der Waals surface area contributed by atoms with Crippen LogP contribution >= 0.6 is 0 Å². The molecule has 0 bridgehead atoms. The van der Waals surface area contributed by atoms with E-state index in [-0.39, 0.29) is 5.91 Å². The highest BCUT2D eigenvalue weighted by Gasteiger charge is 2.05. The van der Waals surface area contributed by atoms with E-state index in [0.29, 0.717) is 17.9 Å². The summed E-state index contributed by atoms with van der Waals surface area (Å²) in [6, 6.07) is 14.4. The van der Waals surface area contributed by atoms with E-state index < -0.39 is 0 Å². The van der Waals surface area contributed by atoms with E-state index >= 15 is 0 Å². The third-order valence-corrected chi connectivity index (χ3v) is 2.92. The average molecular weight is 298 g/mol. The van der Waals surface area contributed by atoms with Crippen molar-refractivity contribution in [3.63, 3.8) is 0 Å². The fourth-order valence-corrected chi connectivity index (χ4v) is 1.86. The van der Waals surface area contributed by atoms with Gasteiger partial charge in [0.1, 0.15) is 11.5 Å². The summed E-state index contributed by atoms with van der Waals surface area (Å²) in [5.74, 6) is 1.05. The molecule has 0 radical (unpaired) electrons. The van der Waals surface area contributed by atoms with Crippen LogP contribution in [0.15, 0.2) is 53.6 Å². The molecule has 2 rings (SSSR count). The van der Waals surface area contributed by atoms with Crippen molar-refractivity contribution in [2.45, 2.75) is 6.92 Å². The number of nitrogens with zero attached hydrogens (tertiary/aromatic N) is 1. The van der Waals surface area contributed by atoms with Crippen LogP contribution in [0.25, 0.3) is 0 Å². The quantitative estimate of drug-likeness (QED) is 0.659. The number of amides is 1. The first-order valence-electron chi connectivity index (χ1n) is 6.94. The fraction of sp³-hybridized carbons (Fsp3) is 0.176. The Bertz CT molecular complexity index is 668. The van der Waals surface area contributed by atoms with Gasteiger partial charge in [0.2, 0.25) is 0 Å². The Kier molecular flexibility index (Phi) is 5.54. The minimum Gasteiger partial charge on any atom is -0.497 e. The van der Waals surface area contributed by atoms with Crippen molar-refractivity contribution in [3.05, 3.63) is 59.7 Å². The Hall–Kier alpha value is -2.82. The van der Waals surface area contributed by atoms with Gasteiger partial charge in [-0.2, -0.15) is 5.10 Å². The second-order valence-corrected chi connectivity index (χ2v) is 4.40. The Morgan fingerprint density at radius 2 is 2.05 bits per heavy atom. The van der Waals surface area contributed by atoms with Gasteiger partial charge in [0.25, 0.3) is 5.91 Å². The lowest BCUT2D eigenvalue weighted by molar-refractivity contribution is 0.0955. The van der Waals surface area contributed by atoms with E-state index in [0.717, 1.165) is 11.3 Å². The number of ether oxygens (including phenoxy) is 2. The van der Waals surface area contributed by atoms with Gasteiger partial charge in [0, 0.05) is 11.1 Å². The van der Waals surface area contributed by atoms with Crippen LogP contribution in [0.5, 0.6) is 11.5 Å². The minimum atomic E-state index is -0.302. The van der Waals surface area contributed by atoms with E-state index in [9.17, 15) is 4.79 Å². The van der Waals surface area contributed by atoms with Gasteiger partial charge in [0.05, 0.1) is 19.9 Å². The highest BCUT2D eigenvalue weighted by atomic mass is 16.5. The van der Waals surface area contributed by atoms with Crippen molar-refractivity contribution in [3.8, 4) is 11.5 Å². The number of hydrogen-bond donors (Lipinski definition) is 1. The van der Waals surface area contributed by atoms with Crippen molar-refractivity contribution >= 4 is 12.1 Å². The molecular formula is C17H18N2O3. The molecule has 2 aromatic rings. The highest BCUT2D eigenvalue weighted by molar-refractivity contribution is 5.95. The van der Waals surface area contributed by atoms with E-state index in [1.165, 1.54) is 0 Å². The molecule has 0 aromatic heterocycles. The normalized spacial score (nSPS) is 10.5. The smallest absolute Gasteiger partial charge is 0.271 e. The summed E-state index contributed by atoms with van der Waals surface area (Å²) in [4.78, 5) is 12.0. The Balaban J connectivity index is 2.04. The van der Waals surface area contributed by atoms with Gasteiger partial charge in [0.15, 0.2) is 0 Å². The van der Waals surface area contributed by atoms with Crippen LogP contribution in [-0.4, -0.2) is 25.8 Å². The lowest BCUT2D eigenvalue weighted by Gasteiger charge is -2.06. The van der Waals surface area contributed by atoms with Gasteiger partial charge in [-0.1, -0.05) is 18.2 Å². The van der Waals surface area contributed by atoms with E-state index in [1.54, 1.807) is 37.6 Å². The molecule has 1 amide bonds. The largest absolute Gasteiger partial charge is 0.497 e. The lowest BCUT2D eigenvalue weighted by atomic mass is 10.2. The molecule has 0 fully saturated rings. The summed E-state index contributed by atoms with van der Waals surface area (Å²) < 4.78 is 10.6. The summed E-state index contributed by atoms with van der Waals surface area (Å²) in [5, 5.41) is 3.97. The first-order valence-corrected chi connectivity index (χ1v) is 6.94. The van der Waals surface area contributed by atoms with E-state index in [2.05, 4.69) is 10.5 Å². The minimum absolute atomic E-state index is 0.302. The van der Waals surface area contributed by atoms with Crippen molar-refractivity contribution in [2.24, 2.45) is 5.10 Å². The molecule has 0 saturated heterocycles. The molecule has 1 N–H and O–H groups in total. The van der Waals surface area contributed by atoms with Gasteiger partial charge in [-0.3, -0.25) is 4.79 Å². The monoisotopic (exact) mass is 298 g/mol. The average Bonchev–Trinajstić information content (AvgIpc) is 2.56. The molecule has 5 heteroatoms. The zero-order chi connectivity index (χ0) is 15.8. The number of nitrogens with one attached hydrogen (secondary N) is 1. The zero-order valence-corrected chi connectivity index (χ0v) is 12.6. The number of para-hydroxylation sites is 1. The first kappa shape index (κ1) is 15.6. The van der Waals surface area contributed by atoms with Crippen molar-refractivity contribution < 1.29 is 14.3 Å². The molecule has 0 saturated carbocycles. The second kappa shape index (κ2) is 7.83. The molecule has 0 atom stereocenters. The van der Waals surface area contributed by atoms with Crippen molar-refractivity contribution in [2.75, 3.05) is 13.7 Å². The van der Waals surface area contributed by atoms with Gasteiger partial charge in [-0.05, 0) is 37.3 Å². The summed E-state index contributed by atoms with van der Waals surface area (Å²) in [6.07, 6.45) is 1.56. The van der Waals surface area contributed by atoms with Crippen molar-refractivity contribution in [1.82, 2.24) is 5.43 Å². The van der Waals surface area contributed by atoms with Crippen molar-refractivity contribution in [1.29, 1.82) is 0 Å². The van der Waals surface area contributed by atoms with Gasteiger partial charge in [-0.25, -0.2) is 5.43 Å². The number of benzene rings is 2. The fourth-order valence-electron chi connectivity index (χ4n) is 1.86. The lowest BCUT2D eigenvalue weighted by Crippen LogP contribution is -2.17. The van der Waals surface area contributed by atoms with Crippen LogP contribution in [-0.2, 0) is 0 Å². The molecule has 0 aliphatic carbocycles. The SMILES string of the molecule is CCOc1ccccc1/C=N\NC(=O)c1cccc(OC)c1. The first-order chi connectivity index (χ1) is 10.7. The standard InChI is InChI=1S/C17H18N2O3/c1-3-22-16-10-5-4-7-14(16)12-18-19-17(20)13-8-6-9-15(11-13)21-2/h4-12H,3H2,1-2H3,(H,19,20)/b18-12-. The number of rotatable bonds is 6. The Labute approximate surface area is 129 Å². The zero-order valence-electron chi connectivity index (χ0n) is 12.6. The number of methoxy groups -OCH3 is 1. The third-order valence-electron chi connectivity index (χ3n) is 2.92. The highest BCUT2D eigenvalue weighted by Crippen LogP contribution is 2.15. The van der Waals surface area contributed by atoms with Gasteiger partial charge < -0.3 is 9.47 Å². The molecule has 0 unspecified atom stereocenters. The molecule has 0 aliphatic heterocycles. The van der Waals surface area contributed by atoms with Crippen LogP contribution in [0.3, 0.4) is 0 Å². The van der Waals surface area contributed by atoms with E-state index in [1.807, 2.05) is 31.2 Å². The molecule has 2 aromatic carbocycles. The third kappa shape index (κ3) is 4.09. The maximum Gasteiger partial charge on any atom is 0.271 e. The van der Waals surface area contributed by atoms with Crippen LogP contribution < -0.4 is 14.9 Å².